The van der Waals surface area contributed by atoms with E-state index in [0.29, 0.717) is 6.42 Å². The minimum absolute atomic E-state index is 0.228. The van der Waals surface area contributed by atoms with E-state index in [1.807, 2.05) is 6.08 Å². The Hall–Kier alpha value is -0.830. The average Bonchev–Trinajstić information content (AvgIpc) is 2.20. The summed E-state index contributed by atoms with van der Waals surface area (Å²) in [6.07, 6.45) is 11.5. The fourth-order valence-electron chi connectivity index (χ4n) is 1.38. The van der Waals surface area contributed by atoms with Crippen LogP contribution in [0.5, 0.6) is 0 Å². The first kappa shape index (κ1) is 14.2. The van der Waals surface area contributed by atoms with Crippen LogP contribution in [0.4, 0.5) is 0 Å². The molecule has 0 saturated carbocycles. The van der Waals surface area contributed by atoms with Crippen molar-refractivity contribution in [1.82, 2.24) is 0 Å². The van der Waals surface area contributed by atoms with Gasteiger partial charge in [0.1, 0.15) is 0 Å². The Labute approximate surface area is 91.8 Å². The predicted molar refractivity (Wildman–Crippen MR) is 60.8 cm³/mol. The second kappa shape index (κ2) is 11.2. The molecule has 0 aromatic heterocycles. The molecule has 0 aliphatic carbocycles. The maximum atomic E-state index is 10.2. The Kier molecular flexibility index (Phi) is 10.6. The van der Waals surface area contributed by atoms with Crippen molar-refractivity contribution in [2.24, 2.45) is 0 Å². The lowest BCUT2D eigenvalue weighted by atomic mass is 10.1. The number of carbonyl (C=O) groups is 1. The summed E-state index contributed by atoms with van der Waals surface area (Å²) < 4.78 is 0. The number of aliphatic hydroxyl groups is 1. The third kappa shape index (κ3) is 13.2. The van der Waals surface area contributed by atoms with Gasteiger partial charge in [0.15, 0.2) is 0 Å². The number of aliphatic hydroxyl groups excluding tert-OH is 1. The van der Waals surface area contributed by atoms with Gasteiger partial charge in [-0.2, -0.15) is 0 Å². The molecule has 0 atom stereocenters. The molecule has 3 heteroatoms. The largest absolute Gasteiger partial charge is 0.481 e. The van der Waals surface area contributed by atoms with Gasteiger partial charge in [-0.3, -0.25) is 4.79 Å². The third-order valence-electron chi connectivity index (χ3n) is 2.22. The Morgan fingerprint density at radius 3 is 2.20 bits per heavy atom. The number of hydrogen-bond donors (Lipinski definition) is 2. The van der Waals surface area contributed by atoms with Crippen LogP contribution < -0.4 is 0 Å². The van der Waals surface area contributed by atoms with Crippen molar-refractivity contribution in [1.29, 1.82) is 0 Å². The van der Waals surface area contributed by atoms with Gasteiger partial charge in [0.2, 0.25) is 0 Å². The summed E-state index contributed by atoms with van der Waals surface area (Å²) in [6, 6.07) is 0. The van der Waals surface area contributed by atoms with Crippen molar-refractivity contribution >= 4 is 5.97 Å². The zero-order valence-corrected chi connectivity index (χ0v) is 9.32. The predicted octanol–water partition coefficient (Wildman–Crippen LogP) is 2.74. The van der Waals surface area contributed by atoms with Crippen LogP contribution in [0.2, 0.25) is 0 Å². The summed E-state index contributed by atoms with van der Waals surface area (Å²) in [5, 5.41) is 16.9. The van der Waals surface area contributed by atoms with Crippen LogP contribution in [0.25, 0.3) is 0 Å². The average molecular weight is 214 g/mol. The van der Waals surface area contributed by atoms with Gasteiger partial charge in [0, 0.05) is 13.0 Å². The van der Waals surface area contributed by atoms with Crippen molar-refractivity contribution < 1.29 is 15.0 Å². The van der Waals surface area contributed by atoms with E-state index < -0.39 is 5.97 Å². The van der Waals surface area contributed by atoms with Gasteiger partial charge in [-0.1, -0.05) is 31.4 Å². The van der Waals surface area contributed by atoms with E-state index in [-0.39, 0.29) is 6.61 Å². The fourth-order valence-corrected chi connectivity index (χ4v) is 1.38. The molecule has 0 rings (SSSR count). The topological polar surface area (TPSA) is 57.5 Å². The molecule has 15 heavy (non-hydrogen) atoms. The maximum Gasteiger partial charge on any atom is 0.303 e. The molecule has 88 valence electrons. The van der Waals surface area contributed by atoms with Crippen LogP contribution in [-0.2, 0) is 4.79 Å². The van der Waals surface area contributed by atoms with Crippen molar-refractivity contribution in [2.75, 3.05) is 6.61 Å². The third-order valence-corrected chi connectivity index (χ3v) is 2.22. The Bertz CT molecular complexity index is 176. The fraction of sp³-hybridized carbons (Fsp3) is 0.750. The molecule has 0 aromatic rings. The van der Waals surface area contributed by atoms with Gasteiger partial charge in [0.25, 0.3) is 0 Å². The molecule has 0 aliphatic heterocycles. The summed E-state index contributed by atoms with van der Waals surface area (Å²) in [5.74, 6) is -0.693. The molecule has 0 aliphatic rings. The minimum atomic E-state index is -0.693. The van der Waals surface area contributed by atoms with Crippen LogP contribution >= 0.6 is 0 Å². The van der Waals surface area contributed by atoms with E-state index in [1.165, 1.54) is 6.42 Å². The lowest BCUT2D eigenvalue weighted by Gasteiger charge is -1.98. The standard InChI is InChI=1S/C12H22O3/c13-11-9-7-5-3-1-2-4-6-8-10-12(14)15/h5,7,13H,1-4,6,8-11H2,(H,14,15)/b7-5+. The van der Waals surface area contributed by atoms with Crippen molar-refractivity contribution in [2.45, 2.75) is 51.4 Å². The second-order valence-corrected chi connectivity index (χ2v) is 3.68. The molecule has 3 nitrogen and oxygen atoms in total. The molecule has 0 saturated heterocycles. The lowest BCUT2D eigenvalue weighted by molar-refractivity contribution is -0.137. The molecule has 0 radical (unpaired) electrons. The number of aliphatic carboxylic acids is 1. The smallest absolute Gasteiger partial charge is 0.303 e. The minimum Gasteiger partial charge on any atom is -0.481 e. The number of rotatable bonds is 10. The zero-order valence-electron chi connectivity index (χ0n) is 9.32. The van der Waals surface area contributed by atoms with Crippen LogP contribution in [0.15, 0.2) is 12.2 Å². The molecule has 0 aromatic carbocycles. The number of unbranched alkanes of at least 4 members (excludes halogenated alkanes) is 5. The van der Waals surface area contributed by atoms with Crippen molar-refractivity contribution in [3.05, 3.63) is 12.2 Å². The molecular weight excluding hydrogens is 192 g/mol. The van der Waals surface area contributed by atoms with E-state index in [1.54, 1.807) is 0 Å². The SMILES string of the molecule is O=C(O)CCCCCCC/C=C/CCO. The van der Waals surface area contributed by atoms with Crippen LogP contribution in [0, 0.1) is 0 Å². The molecular formula is C12H22O3. The van der Waals surface area contributed by atoms with E-state index in [0.717, 1.165) is 38.5 Å². The van der Waals surface area contributed by atoms with Crippen LogP contribution in [-0.4, -0.2) is 22.8 Å². The highest BCUT2D eigenvalue weighted by Gasteiger charge is 1.95. The second-order valence-electron chi connectivity index (χ2n) is 3.68. The molecule has 0 heterocycles. The summed E-state index contributed by atoms with van der Waals surface area (Å²) in [4.78, 5) is 10.2. The van der Waals surface area contributed by atoms with Crippen LogP contribution in [0.1, 0.15) is 51.4 Å². The highest BCUT2D eigenvalue weighted by atomic mass is 16.4. The van der Waals surface area contributed by atoms with Gasteiger partial charge in [-0.15, -0.1) is 0 Å². The molecule has 0 amide bonds. The van der Waals surface area contributed by atoms with Crippen molar-refractivity contribution in [3.8, 4) is 0 Å². The molecule has 0 bridgehead atoms. The lowest BCUT2D eigenvalue weighted by Crippen LogP contribution is -1.93. The summed E-state index contributed by atoms with van der Waals surface area (Å²) >= 11 is 0. The zero-order chi connectivity index (χ0) is 11.4. The monoisotopic (exact) mass is 214 g/mol. The maximum absolute atomic E-state index is 10.2. The van der Waals surface area contributed by atoms with E-state index in [2.05, 4.69) is 6.08 Å². The van der Waals surface area contributed by atoms with E-state index in [4.69, 9.17) is 10.2 Å². The van der Waals surface area contributed by atoms with Gasteiger partial charge in [-0.25, -0.2) is 0 Å². The number of hydrogen-bond acceptors (Lipinski definition) is 2. The summed E-state index contributed by atoms with van der Waals surface area (Å²) in [6.45, 7) is 0.228. The van der Waals surface area contributed by atoms with Gasteiger partial charge in [0.05, 0.1) is 0 Å². The van der Waals surface area contributed by atoms with Crippen LogP contribution in [0.3, 0.4) is 0 Å². The Balaban J connectivity index is 3.01. The number of carboxylic acid groups (broad SMARTS) is 1. The highest BCUT2D eigenvalue weighted by molar-refractivity contribution is 5.66. The normalized spacial score (nSPS) is 11.0. The first-order valence-corrected chi connectivity index (χ1v) is 5.75. The molecule has 0 fully saturated rings. The summed E-state index contributed by atoms with van der Waals surface area (Å²) in [5.41, 5.74) is 0. The van der Waals surface area contributed by atoms with Crippen molar-refractivity contribution in [3.63, 3.8) is 0 Å². The van der Waals surface area contributed by atoms with Gasteiger partial charge < -0.3 is 10.2 Å². The Morgan fingerprint density at radius 2 is 1.53 bits per heavy atom. The molecule has 2 N–H and O–H groups in total. The Morgan fingerprint density at radius 1 is 0.933 bits per heavy atom. The van der Waals surface area contributed by atoms with Gasteiger partial charge in [-0.05, 0) is 25.7 Å². The molecule has 0 spiro atoms. The van der Waals surface area contributed by atoms with Gasteiger partial charge >= 0.3 is 5.97 Å². The van der Waals surface area contributed by atoms with E-state index >= 15 is 0 Å². The first-order chi connectivity index (χ1) is 7.27. The quantitative estimate of drug-likeness (QED) is 0.434. The number of allylic oxidation sites excluding steroid dienone is 1. The first-order valence-electron chi connectivity index (χ1n) is 5.75. The highest BCUT2D eigenvalue weighted by Crippen LogP contribution is 2.07. The number of carboxylic acids is 1. The summed E-state index contributed by atoms with van der Waals surface area (Å²) in [7, 11) is 0. The van der Waals surface area contributed by atoms with E-state index in [9.17, 15) is 4.79 Å². The molecule has 0 unspecified atom stereocenters.